The molecule has 0 saturated heterocycles. The molecule has 0 aliphatic carbocycles. The second kappa shape index (κ2) is 7.61. The number of nitrogens with one attached hydrogen (secondary N) is 1. The van der Waals surface area contributed by atoms with Crippen LogP contribution in [0.3, 0.4) is 0 Å². The average molecular weight is 361 g/mol. The lowest BCUT2D eigenvalue weighted by Crippen LogP contribution is -2.26. The number of hydrogen-bond acceptors (Lipinski definition) is 3. The fraction of sp³-hybridized carbons (Fsp3) is 0.278. The van der Waals surface area contributed by atoms with Gasteiger partial charge in [0.05, 0.1) is 12.1 Å². The van der Waals surface area contributed by atoms with E-state index in [0.29, 0.717) is 6.54 Å². The van der Waals surface area contributed by atoms with Crippen LogP contribution in [0.15, 0.2) is 36.7 Å². The van der Waals surface area contributed by atoms with E-state index in [9.17, 15) is 9.18 Å². The van der Waals surface area contributed by atoms with Gasteiger partial charge in [-0.1, -0.05) is 17.7 Å². The van der Waals surface area contributed by atoms with Crippen molar-refractivity contribution in [1.82, 2.24) is 19.9 Å². The summed E-state index contributed by atoms with van der Waals surface area (Å²) in [5.41, 5.74) is 3.01. The standard InChI is InChI=1S/C18H18ClFN4O/c1-12-8-17-22-10-13(11-24(17)23-12)4-3-7-21-18(25)9-14-15(19)5-2-6-16(14)20/h2,5-6,8,10-11H,3-4,7,9H2,1H3,(H,21,25). The Hall–Kier alpha value is -2.47. The van der Waals surface area contributed by atoms with Gasteiger partial charge in [0.1, 0.15) is 5.82 Å². The van der Waals surface area contributed by atoms with Gasteiger partial charge in [0.25, 0.3) is 0 Å². The fourth-order valence-electron chi connectivity index (χ4n) is 2.61. The zero-order chi connectivity index (χ0) is 17.8. The van der Waals surface area contributed by atoms with E-state index in [1.807, 2.05) is 25.4 Å². The molecule has 130 valence electrons. The minimum Gasteiger partial charge on any atom is -0.356 e. The van der Waals surface area contributed by atoms with Crippen molar-refractivity contribution in [3.63, 3.8) is 0 Å². The van der Waals surface area contributed by atoms with Crippen molar-refractivity contribution in [3.8, 4) is 0 Å². The second-order valence-corrected chi connectivity index (χ2v) is 6.29. The summed E-state index contributed by atoms with van der Waals surface area (Å²) in [4.78, 5) is 16.3. The second-order valence-electron chi connectivity index (χ2n) is 5.88. The normalized spacial score (nSPS) is 11.0. The monoisotopic (exact) mass is 360 g/mol. The van der Waals surface area contributed by atoms with Crippen LogP contribution in [0.1, 0.15) is 23.2 Å². The summed E-state index contributed by atoms with van der Waals surface area (Å²) in [6.07, 6.45) is 5.21. The molecule has 1 aromatic carbocycles. The van der Waals surface area contributed by atoms with Gasteiger partial charge in [-0.2, -0.15) is 5.10 Å². The SMILES string of the molecule is Cc1cc2ncc(CCCNC(=O)Cc3c(F)cccc3Cl)cn2n1. The topological polar surface area (TPSA) is 59.3 Å². The molecular weight excluding hydrogens is 343 g/mol. The molecule has 0 aliphatic heterocycles. The van der Waals surface area contributed by atoms with Gasteiger partial charge < -0.3 is 5.32 Å². The van der Waals surface area contributed by atoms with E-state index in [4.69, 9.17) is 11.6 Å². The zero-order valence-corrected chi connectivity index (χ0v) is 14.6. The molecule has 2 heterocycles. The van der Waals surface area contributed by atoms with E-state index in [2.05, 4.69) is 15.4 Å². The Labute approximate surface area is 149 Å². The quantitative estimate of drug-likeness (QED) is 0.687. The third kappa shape index (κ3) is 4.33. The Morgan fingerprint density at radius 2 is 2.24 bits per heavy atom. The molecule has 0 unspecified atom stereocenters. The number of fused-ring (bicyclic) bond motifs is 1. The molecule has 5 nitrogen and oxygen atoms in total. The lowest BCUT2D eigenvalue weighted by Gasteiger charge is -2.07. The summed E-state index contributed by atoms with van der Waals surface area (Å²) in [7, 11) is 0. The number of carbonyl (C=O) groups excluding carboxylic acids is 1. The number of amides is 1. The maximum Gasteiger partial charge on any atom is 0.224 e. The fourth-order valence-corrected chi connectivity index (χ4v) is 2.84. The van der Waals surface area contributed by atoms with Crippen LogP contribution in [-0.4, -0.2) is 27.0 Å². The molecule has 1 N–H and O–H groups in total. The lowest BCUT2D eigenvalue weighted by atomic mass is 10.1. The molecule has 0 spiro atoms. The van der Waals surface area contributed by atoms with Crippen molar-refractivity contribution in [2.24, 2.45) is 0 Å². The van der Waals surface area contributed by atoms with E-state index >= 15 is 0 Å². The highest BCUT2D eigenvalue weighted by Gasteiger charge is 2.11. The van der Waals surface area contributed by atoms with E-state index < -0.39 is 5.82 Å². The number of benzene rings is 1. The number of nitrogens with zero attached hydrogens (tertiary/aromatic N) is 3. The van der Waals surface area contributed by atoms with Crippen molar-refractivity contribution in [3.05, 3.63) is 64.3 Å². The van der Waals surface area contributed by atoms with Crippen molar-refractivity contribution >= 4 is 23.2 Å². The average Bonchev–Trinajstić information content (AvgIpc) is 2.94. The molecule has 0 fully saturated rings. The third-order valence-corrected chi connectivity index (χ3v) is 4.21. The van der Waals surface area contributed by atoms with Crippen LogP contribution >= 0.6 is 11.6 Å². The Bertz CT molecular complexity index is 889. The maximum atomic E-state index is 13.7. The van der Waals surface area contributed by atoms with E-state index in [1.165, 1.54) is 12.1 Å². The first-order valence-corrected chi connectivity index (χ1v) is 8.41. The minimum absolute atomic E-state index is 0.0639. The van der Waals surface area contributed by atoms with Crippen molar-refractivity contribution < 1.29 is 9.18 Å². The number of rotatable bonds is 6. The van der Waals surface area contributed by atoms with E-state index in [1.54, 1.807) is 10.6 Å². The molecule has 0 radical (unpaired) electrons. The smallest absolute Gasteiger partial charge is 0.224 e. The van der Waals surface area contributed by atoms with Gasteiger partial charge >= 0.3 is 0 Å². The van der Waals surface area contributed by atoms with Crippen molar-refractivity contribution in [2.75, 3.05) is 6.54 Å². The van der Waals surface area contributed by atoms with Crippen LogP contribution in [0.2, 0.25) is 5.02 Å². The first-order valence-electron chi connectivity index (χ1n) is 8.03. The molecule has 2 aromatic heterocycles. The van der Waals surface area contributed by atoms with Gasteiger partial charge in [0.15, 0.2) is 5.65 Å². The molecular formula is C18H18ClFN4O. The molecule has 0 bridgehead atoms. The summed E-state index contributed by atoms with van der Waals surface area (Å²) in [5, 5.41) is 7.39. The summed E-state index contributed by atoms with van der Waals surface area (Å²) >= 11 is 5.93. The van der Waals surface area contributed by atoms with Crippen LogP contribution in [0, 0.1) is 12.7 Å². The maximum absolute atomic E-state index is 13.7. The molecule has 0 aliphatic rings. The highest BCUT2D eigenvalue weighted by atomic mass is 35.5. The van der Waals surface area contributed by atoms with Crippen molar-refractivity contribution in [2.45, 2.75) is 26.2 Å². The molecule has 3 rings (SSSR count). The van der Waals surface area contributed by atoms with Crippen LogP contribution in [-0.2, 0) is 17.6 Å². The van der Waals surface area contributed by atoms with Gasteiger partial charge in [-0.3, -0.25) is 4.79 Å². The third-order valence-electron chi connectivity index (χ3n) is 3.85. The summed E-state index contributed by atoms with van der Waals surface area (Å²) in [6.45, 7) is 2.42. The van der Waals surface area contributed by atoms with Crippen LogP contribution in [0.4, 0.5) is 4.39 Å². The Kier molecular flexibility index (Phi) is 5.28. The predicted octanol–water partition coefficient (Wildman–Crippen LogP) is 3.12. The van der Waals surface area contributed by atoms with Gasteiger partial charge in [-0.15, -0.1) is 0 Å². The Balaban J connectivity index is 1.48. The summed E-state index contributed by atoms with van der Waals surface area (Å²) in [6, 6.07) is 6.31. The Morgan fingerprint density at radius 1 is 1.40 bits per heavy atom. The number of halogens is 2. The van der Waals surface area contributed by atoms with Crippen LogP contribution < -0.4 is 5.32 Å². The van der Waals surface area contributed by atoms with Crippen molar-refractivity contribution in [1.29, 1.82) is 0 Å². The first kappa shape index (κ1) is 17.4. The highest BCUT2D eigenvalue weighted by Crippen LogP contribution is 2.19. The molecule has 0 atom stereocenters. The van der Waals surface area contributed by atoms with Gasteiger partial charge in [0, 0.05) is 35.6 Å². The molecule has 0 saturated carbocycles. The summed E-state index contributed by atoms with van der Waals surface area (Å²) in [5.74, 6) is -0.708. The predicted molar refractivity (Wildman–Crippen MR) is 94.2 cm³/mol. The Morgan fingerprint density at radius 3 is 3.04 bits per heavy atom. The molecule has 3 aromatic rings. The number of aromatic nitrogens is 3. The lowest BCUT2D eigenvalue weighted by molar-refractivity contribution is -0.120. The largest absolute Gasteiger partial charge is 0.356 e. The van der Waals surface area contributed by atoms with Crippen LogP contribution in [0.25, 0.3) is 5.65 Å². The number of aryl methyl sites for hydroxylation is 2. The van der Waals surface area contributed by atoms with Gasteiger partial charge in [-0.05, 0) is 37.5 Å². The van der Waals surface area contributed by atoms with Gasteiger partial charge in [0.2, 0.25) is 5.91 Å². The summed E-state index contributed by atoms with van der Waals surface area (Å²) < 4.78 is 15.4. The zero-order valence-electron chi connectivity index (χ0n) is 13.8. The first-order chi connectivity index (χ1) is 12.0. The van der Waals surface area contributed by atoms with E-state index in [-0.39, 0.29) is 22.9 Å². The highest BCUT2D eigenvalue weighted by molar-refractivity contribution is 6.31. The van der Waals surface area contributed by atoms with Crippen LogP contribution in [0.5, 0.6) is 0 Å². The molecule has 25 heavy (non-hydrogen) atoms. The van der Waals surface area contributed by atoms with Gasteiger partial charge in [-0.25, -0.2) is 13.9 Å². The number of carbonyl (C=O) groups is 1. The molecule has 7 heteroatoms. The number of hydrogen-bond donors (Lipinski definition) is 1. The van der Waals surface area contributed by atoms with E-state index in [0.717, 1.165) is 29.7 Å². The molecule has 1 amide bonds. The minimum atomic E-state index is -0.462.